The number of nitrogens with one attached hydrogen (secondary N) is 1. The summed E-state index contributed by atoms with van der Waals surface area (Å²) in [6.45, 7) is 6.17. The van der Waals surface area contributed by atoms with Crippen molar-refractivity contribution < 1.29 is 4.92 Å². The van der Waals surface area contributed by atoms with Crippen molar-refractivity contribution in [1.29, 1.82) is 0 Å². The summed E-state index contributed by atoms with van der Waals surface area (Å²) in [5, 5.41) is 18.3. The fourth-order valence-corrected chi connectivity index (χ4v) is 1.73. The molecule has 0 saturated heterocycles. The van der Waals surface area contributed by atoms with Crippen LogP contribution in [0.1, 0.15) is 32.4 Å². The van der Waals surface area contributed by atoms with Crippen molar-refractivity contribution in [1.82, 2.24) is 9.78 Å². The predicted molar refractivity (Wildman–Crippen MR) is 70.4 cm³/mol. The molecular weight excluding hydrogens is 232 g/mol. The monoisotopic (exact) mass is 250 g/mol. The highest BCUT2D eigenvalue weighted by atomic mass is 16.6. The van der Waals surface area contributed by atoms with Gasteiger partial charge in [0, 0.05) is 6.54 Å². The Labute approximate surface area is 107 Å². The van der Waals surface area contributed by atoms with Gasteiger partial charge in [-0.3, -0.25) is 10.1 Å². The van der Waals surface area contributed by atoms with E-state index in [-0.39, 0.29) is 11.7 Å². The van der Waals surface area contributed by atoms with Crippen LogP contribution in [0.25, 0.3) is 0 Å². The quantitative estimate of drug-likeness (QED) is 0.478. The maximum absolute atomic E-state index is 11.1. The normalized spacial score (nSPS) is 11.9. The molecule has 1 N–H and O–H groups in total. The summed E-state index contributed by atoms with van der Waals surface area (Å²) in [5.41, 5.74) is 0.417. The molecule has 1 unspecified atom stereocenters. The third-order valence-electron chi connectivity index (χ3n) is 2.63. The van der Waals surface area contributed by atoms with Crippen molar-refractivity contribution in [3.8, 4) is 12.3 Å². The topological polar surface area (TPSA) is 73.0 Å². The van der Waals surface area contributed by atoms with E-state index < -0.39 is 4.92 Å². The van der Waals surface area contributed by atoms with Crippen LogP contribution in [-0.2, 0) is 6.54 Å². The number of nitro groups is 1. The molecule has 1 aromatic heterocycles. The van der Waals surface area contributed by atoms with Crippen LogP contribution < -0.4 is 5.32 Å². The van der Waals surface area contributed by atoms with Gasteiger partial charge in [-0.05, 0) is 19.8 Å². The van der Waals surface area contributed by atoms with Gasteiger partial charge in [0.2, 0.25) is 5.82 Å². The summed E-state index contributed by atoms with van der Waals surface area (Å²) >= 11 is 0. The average Bonchev–Trinajstić information content (AvgIpc) is 2.62. The van der Waals surface area contributed by atoms with Gasteiger partial charge in [0.15, 0.2) is 0 Å². The van der Waals surface area contributed by atoms with E-state index in [0.29, 0.717) is 24.5 Å². The molecule has 0 radical (unpaired) electrons. The molecule has 0 spiro atoms. The molecule has 0 amide bonds. The van der Waals surface area contributed by atoms with Crippen molar-refractivity contribution in [2.75, 3.05) is 5.32 Å². The van der Waals surface area contributed by atoms with Crippen molar-refractivity contribution in [3.63, 3.8) is 0 Å². The van der Waals surface area contributed by atoms with Gasteiger partial charge in [-0.15, -0.1) is 6.42 Å². The van der Waals surface area contributed by atoms with Crippen LogP contribution >= 0.6 is 0 Å². The Morgan fingerprint density at radius 3 is 2.72 bits per heavy atom. The van der Waals surface area contributed by atoms with Crippen LogP contribution in [0.3, 0.4) is 0 Å². The van der Waals surface area contributed by atoms with E-state index in [1.54, 1.807) is 11.6 Å². The van der Waals surface area contributed by atoms with Gasteiger partial charge in [0.25, 0.3) is 0 Å². The Morgan fingerprint density at radius 1 is 1.61 bits per heavy atom. The number of aromatic nitrogens is 2. The fourth-order valence-electron chi connectivity index (χ4n) is 1.73. The molecule has 6 heteroatoms. The highest BCUT2D eigenvalue weighted by molar-refractivity contribution is 5.60. The summed E-state index contributed by atoms with van der Waals surface area (Å²) in [6.07, 6.45) is 6.92. The van der Waals surface area contributed by atoms with E-state index in [1.165, 1.54) is 0 Å². The zero-order valence-corrected chi connectivity index (χ0v) is 10.9. The first-order valence-electron chi connectivity index (χ1n) is 5.99. The first kappa shape index (κ1) is 14.0. The summed E-state index contributed by atoms with van der Waals surface area (Å²) in [6, 6.07) is -0.226. The molecule has 0 aliphatic carbocycles. The number of aryl methyl sites for hydroxylation is 2. The first-order valence-corrected chi connectivity index (χ1v) is 5.99. The number of hydrogen-bond donors (Lipinski definition) is 1. The SMILES string of the molecule is C#CC(CC)Nc1c([N+](=O)[O-])c(C)nn1CCC. The van der Waals surface area contributed by atoms with E-state index in [9.17, 15) is 10.1 Å². The van der Waals surface area contributed by atoms with Gasteiger partial charge in [-0.1, -0.05) is 19.8 Å². The van der Waals surface area contributed by atoms with Crippen molar-refractivity contribution in [2.24, 2.45) is 0 Å². The zero-order valence-electron chi connectivity index (χ0n) is 10.9. The van der Waals surface area contributed by atoms with Gasteiger partial charge in [-0.25, -0.2) is 4.68 Å². The third kappa shape index (κ3) is 2.80. The zero-order chi connectivity index (χ0) is 13.7. The van der Waals surface area contributed by atoms with Crippen LogP contribution in [0.4, 0.5) is 11.5 Å². The van der Waals surface area contributed by atoms with Gasteiger partial charge in [-0.2, -0.15) is 5.10 Å². The van der Waals surface area contributed by atoms with Crippen LogP contribution in [0.15, 0.2) is 0 Å². The van der Waals surface area contributed by atoms with E-state index in [0.717, 1.165) is 6.42 Å². The largest absolute Gasteiger partial charge is 0.351 e. The second-order valence-electron chi connectivity index (χ2n) is 4.03. The lowest BCUT2D eigenvalue weighted by Gasteiger charge is -2.12. The standard InChI is InChI=1S/C12H18N4O2/c1-5-8-15-12(13-10(6-2)7-3)11(16(17)18)9(4)14-15/h2,10,13H,5,7-8H2,1,3-4H3. The molecule has 1 heterocycles. The molecule has 98 valence electrons. The van der Waals surface area contributed by atoms with E-state index in [2.05, 4.69) is 16.3 Å². The fraction of sp³-hybridized carbons (Fsp3) is 0.583. The Kier molecular flexibility index (Phi) is 4.72. The molecule has 0 fully saturated rings. The molecular formula is C12H18N4O2. The molecule has 0 aliphatic rings. The third-order valence-corrected chi connectivity index (χ3v) is 2.63. The Balaban J connectivity index is 3.19. The Bertz CT molecular complexity index is 473. The summed E-state index contributed by atoms with van der Waals surface area (Å²) in [4.78, 5) is 10.7. The molecule has 0 bridgehead atoms. The minimum Gasteiger partial charge on any atom is -0.351 e. The van der Waals surface area contributed by atoms with E-state index >= 15 is 0 Å². The highest BCUT2D eigenvalue weighted by Crippen LogP contribution is 2.29. The number of anilines is 1. The van der Waals surface area contributed by atoms with E-state index in [4.69, 9.17) is 6.42 Å². The number of nitrogens with zero attached hydrogens (tertiary/aromatic N) is 3. The lowest BCUT2D eigenvalue weighted by Crippen LogP contribution is -2.19. The van der Waals surface area contributed by atoms with Crippen LogP contribution in [0, 0.1) is 29.4 Å². The highest BCUT2D eigenvalue weighted by Gasteiger charge is 2.26. The summed E-state index contributed by atoms with van der Waals surface area (Å²) in [7, 11) is 0. The van der Waals surface area contributed by atoms with Crippen LogP contribution in [0.2, 0.25) is 0 Å². The van der Waals surface area contributed by atoms with Gasteiger partial charge in [0.05, 0.1) is 11.0 Å². The maximum Gasteiger partial charge on any atom is 0.333 e. The molecule has 18 heavy (non-hydrogen) atoms. The van der Waals surface area contributed by atoms with Crippen LogP contribution in [0.5, 0.6) is 0 Å². The second kappa shape index (κ2) is 6.05. The molecule has 1 atom stereocenters. The minimum absolute atomic E-state index is 0.0113. The Morgan fingerprint density at radius 2 is 2.28 bits per heavy atom. The van der Waals surface area contributed by atoms with Gasteiger partial charge >= 0.3 is 5.69 Å². The molecule has 1 aromatic rings. The molecule has 1 rings (SSSR count). The first-order chi connectivity index (χ1) is 8.54. The minimum atomic E-state index is -0.417. The number of rotatable bonds is 6. The van der Waals surface area contributed by atoms with Gasteiger partial charge < -0.3 is 5.32 Å². The average molecular weight is 250 g/mol. The Hall–Kier alpha value is -2.03. The maximum atomic E-state index is 11.1. The van der Waals surface area contributed by atoms with Gasteiger partial charge in [0.1, 0.15) is 5.69 Å². The van der Waals surface area contributed by atoms with Crippen molar-refractivity contribution in [2.45, 2.75) is 46.2 Å². The second-order valence-corrected chi connectivity index (χ2v) is 4.03. The molecule has 0 saturated carbocycles. The van der Waals surface area contributed by atoms with E-state index in [1.807, 2.05) is 13.8 Å². The smallest absolute Gasteiger partial charge is 0.333 e. The number of terminal acetylenes is 1. The summed E-state index contributed by atoms with van der Waals surface area (Å²) in [5.74, 6) is 2.98. The lowest BCUT2D eigenvalue weighted by molar-refractivity contribution is -0.384. The number of hydrogen-bond acceptors (Lipinski definition) is 4. The molecule has 0 aromatic carbocycles. The molecule has 0 aliphatic heterocycles. The molecule has 6 nitrogen and oxygen atoms in total. The lowest BCUT2D eigenvalue weighted by atomic mass is 10.2. The predicted octanol–water partition coefficient (Wildman–Crippen LogP) is 2.33. The summed E-state index contributed by atoms with van der Waals surface area (Å²) < 4.78 is 1.62. The van der Waals surface area contributed by atoms with Crippen LogP contribution in [-0.4, -0.2) is 20.7 Å². The van der Waals surface area contributed by atoms with Crippen molar-refractivity contribution >= 4 is 11.5 Å². The van der Waals surface area contributed by atoms with Crippen molar-refractivity contribution in [3.05, 3.63) is 15.8 Å².